The summed E-state index contributed by atoms with van der Waals surface area (Å²) >= 11 is 1.29. The summed E-state index contributed by atoms with van der Waals surface area (Å²) in [5.41, 5.74) is 3.56. The topological polar surface area (TPSA) is 88.9 Å². The van der Waals surface area contributed by atoms with Crippen LogP contribution in [-0.4, -0.2) is 32.3 Å². The van der Waals surface area contributed by atoms with E-state index in [0.717, 1.165) is 16.8 Å². The van der Waals surface area contributed by atoms with Gasteiger partial charge in [-0.25, -0.2) is 0 Å². The second-order valence-corrected chi connectivity index (χ2v) is 7.87. The molecule has 0 atom stereocenters. The highest BCUT2D eigenvalue weighted by atomic mass is 32.2. The highest BCUT2D eigenvalue weighted by Crippen LogP contribution is 2.20. The van der Waals surface area contributed by atoms with Crippen LogP contribution < -0.4 is 10.6 Å². The Bertz CT molecular complexity index is 1080. The molecule has 0 unspecified atom stereocenters. The summed E-state index contributed by atoms with van der Waals surface area (Å²) in [5.74, 6) is 0.488. The Morgan fingerprint density at radius 3 is 2.61 bits per heavy atom. The zero-order valence-corrected chi connectivity index (χ0v) is 18.4. The number of allylic oxidation sites excluding steroid dienone is 1. The van der Waals surface area contributed by atoms with Crippen molar-refractivity contribution in [3.05, 3.63) is 83.7 Å². The van der Waals surface area contributed by atoms with Gasteiger partial charge in [0.15, 0.2) is 11.0 Å². The van der Waals surface area contributed by atoms with Gasteiger partial charge in [-0.1, -0.05) is 48.2 Å². The van der Waals surface area contributed by atoms with Crippen LogP contribution in [0.1, 0.15) is 27.3 Å². The van der Waals surface area contributed by atoms with Crippen LogP contribution in [-0.2, 0) is 17.9 Å². The normalized spacial score (nSPS) is 10.5. The number of aryl methyl sites for hydroxylation is 1. The lowest BCUT2D eigenvalue weighted by Gasteiger charge is -2.11. The van der Waals surface area contributed by atoms with Crippen LogP contribution in [0, 0.1) is 13.8 Å². The number of rotatable bonds is 9. The van der Waals surface area contributed by atoms with Crippen molar-refractivity contribution in [1.29, 1.82) is 0 Å². The number of hydrogen-bond donors (Lipinski definition) is 2. The van der Waals surface area contributed by atoms with Crippen LogP contribution in [0.4, 0.5) is 5.69 Å². The van der Waals surface area contributed by atoms with Crippen LogP contribution in [0.15, 0.2) is 66.3 Å². The van der Waals surface area contributed by atoms with Crippen molar-refractivity contribution in [2.75, 3.05) is 11.1 Å². The van der Waals surface area contributed by atoms with Gasteiger partial charge in [0, 0.05) is 17.8 Å². The Morgan fingerprint density at radius 2 is 1.87 bits per heavy atom. The fourth-order valence-corrected chi connectivity index (χ4v) is 3.69. The molecule has 2 N–H and O–H groups in total. The van der Waals surface area contributed by atoms with Gasteiger partial charge in [0.2, 0.25) is 5.91 Å². The molecule has 2 aromatic carbocycles. The van der Waals surface area contributed by atoms with Gasteiger partial charge in [-0.05, 0) is 43.2 Å². The number of hydrogen-bond acceptors (Lipinski definition) is 5. The molecule has 0 radical (unpaired) electrons. The van der Waals surface area contributed by atoms with Gasteiger partial charge in [0.05, 0.1) is 12.3 Å². The number of benzene rings is 2. The van der Waals surface area contributed by atoms with Crippen LogP contribution in [0.5, 0.6) is 0 Å². The molecule has 0 aliphatic carbocycles. The van der Waals surface area contributed by atoms with Gasteiger partial charge in [-0.2, -0.15) is 0 Å². The average molecular weight is 436 g/mol. The van der Waals surface area contributed by atoms with Crippen molar-refractivity contribution in [3.63, 3.8) is 0 Å². The third-order valence-electron chi connectivity index (χ3n) is 4.76. The summed E-state index contributed by atoms with van der Waals surface area (Å²) in [6.07, 6.45) is 1.73. The van der Waals surface area contributed by atoms with Gasteiger partial charge >= 0.3 is 0 Å². The van der Waals surface area contributed by atoms with E-state index < -0.39 is 0 Å². The fraction of sp³-hybridized carbons (Fsp3) is 0.217. The lowest BCUT2D eigenvalue weighted by atomic mass is 10.1. The molecule has 0 saturated carbocycles. The van der Waals surface area contributed by atoms with E-state index in [9.17, 15) is 9.59 Å². The molecule has 0 spiro atoms. The summed E-state index contributed by atoms with van der Waals surface area (Å²) in [6, 6.07) is 14.8. The molecule has 7 nitrogen and oxygen atoms in total. The van der Waals surface area contributed by atoms with E-state index in [1.165, 1.54) is 11.8 Å². The standard InChI is InChI=1S/C23H25N5O2S/c1-4-13-28-20(14-24-22(30)18-10-6-5-7-11-18)26-27-23(28)31-15-21(29)25-19-12-8-9-16(2)17(19)3/h4-12H,1,13-15H2,2-3H3,(H,24,30)(H,25,29). The Balaban J connectivity index is 1.61. The minimum absolute atomic E-state index is 0.120. The zero-order chi connectivity index (χ0) is 22.2. The lowest BCUT2D eigenvalue weighted by Crippen LogP contribution is -2.24. The maximum absolute atomic E-state index is 12.4. The first-order valence-corrected chi connectivity index (χ1v) is 10.8. The maximum Gasteiger partial charge on any atom is 0.251 e. The SMILES string of the molecule is C=CCn1c(CNC(=O)c2ccccc2)nnc1SCC(=O)Nc1cccc(C)c1C. The summed E-state index contributed by atoms with van der Waals surface area (Å²) in [4.78, 5) is 24.7. The van der Waals surface area contributed by atoms with Gasteiger partial charge in [-0.15, -0.1) is 16.8 Å². The smallest absolute Gasteiger partial charge is 0.251 e. The number of nitrogens with zero attached hydrogens (tertiary/aromatic N) is 3. The quantitative estimate of drug-likeness (QED) is 0.395. The van der Waals surface area contributed by atoms with E-state index in [0.29, 0.717) is 23.1 Å². The molecule has 1 aromatic heterocycles. The minimum Gasteiger partial charge on any atom is -0.345 e. The number of anilines is 1. The predicted octanol–water partition coefficient (Wildman–Crippen LogP) is 3.74. The third kappa shape index (κ3) is 5.82. The van der Waals surface area contributed by atoms with Crippen molar-refractivity contribution < 1.29 is 9.59 Å². The van der Waals surface area contributed by atoms with Crippen molar-refractivity contribution in [2.24, 2.45) is 0 Å². The molecule has 8 heteroatoms. The largest absolute Gasteiger partial charge is 0.345 e. The third-order valence-corrected chi connectivity index (χ3v) is 5.73. The second-order valence-electron chi connectivity index (χ2n) is 6.93. The number of nitrogens with one attached hydrogen (secondary N) is 2. The number of thioether (sulfide) groups is 1. The number of amides is 2. The first-order chi connectivity index (χ1) is 15.0. The fourth-order valence-electron chi connectivity index (χ4n) is 2.92. The molecule has 31 heavy (non-hydrogen) atoms. The number of carbonyl (C=O) groups is 2. The van der Waals surface area contributed by atoms with Crippen molar-refractivity contribution in [3.8, 4) is 0 Å². The van der Waals surface area contributed by atoms with Crippen molar-refractivity contribution in [2.45, 2.75) is 32.1 Å². The average Bonchev–Trinajstić information content (AvgIpc) is 3.16. The van der Waals surface area contributed by atoms with Crippen LogP contribution in [0.3, 0.4) is 0 Å². The highest BCUT2D eigenvalue weighted by Gasteiger charge is 2.15. The Kier molecular flexibility index (Phi) is 7.61. The van der Waals surface area contributed by atoms with E-state index in [1.54, 1.807) is 18.2 Å². The molecule has 0 fully saturated rings. The van der Waals surface area contributed by atoms with E-state index >= 15 is 0 Å². The molecule has 3 aromatic rings. The first kappa shape index (κ1) is 22.3. The van der Waals surface area contributed by atoms with E-state index in [-0.39, 0.29) is 24.1 Å². The summed E-state index contributed by atoms with van der Waals surface area (Å²) in [5, 5.41) is 14.8. The molecule has 3 rings (SSSR count). The first-order valence-electron chi connectivity index (χ1n) is 9.84. The summed E-state index contributed by atoms with van der Waals surface area (Å²) < 4.78 is 1.84. The molecule has 2 amide bonds. The molecule has 160 valence electrons. The van der Waals surface area contributed by atoms with Gasteiger partial charge in [-0.3, -0.25) is 9.59 Å². The van der Waals surface area contributed by atoms with Crippen LogP contribution >= 0.6 is 11.8 Å². The Morgan fingerprint density at radius 1 is 1.10 bits per heavy atom. The Labute approximate surface area is 186 Å². The van der Waals surface area contributed by atoms with Gasteiger partial charge in [0.1, 0.15) is 0 Å². The predicted molar refractivity (Wildman–Crippen MR) is 123 cm³/mol. The molecule has 0 aliphatic rings. The number of carbonyl (C=O) groups excluding carboxylic acids is 2. The molecule has 0 bridgehead atoms. The molecular weight excluding hydrogens is 410 g/mol. The van der Waals surface area contributed by atoms with Crippen molar-refractivity contribution in [1.82, 2.24) is 20.1 Å². The van der Waals surface area contributed by atoms with E-state index in [1.807, 2.05) is 54.8 Å². The Hall–Kier alpha value is -3.39. The monoisotopic (exact) mass is 435 g/mol. The highest BCUT2D eigenvalue weighted by molar-refractivity contribution is 7.99. The van der Waals surface area contributed by atoms with E-state index in [2.05, 4.69) is 27.4 Å². The molecule has 0 saturated heterocycles. The van der Waals surface area contributed by atoms with Crippen molar-refractivity contribution >= 4 is 29.3 Å². The zero-order valence-electron chi connectivity index (χ0n) is 17.6. The number of aromatic nitrogens is 3. The second kappa shape index (κ2) is 10.6. The maximum atomic E-state index is 12.4. The van der Waals surface area contributed by atoms with Crippen LogP contribution in [0.25, 0.3) is 0 Å². The molecular formula is C23H25N5O2S. The lowest BCUT2D eigenvalue weighted by molar-refractivity contribution is -0.113. The van der Waals surface area contributed by atoms with Gasteiger partial charge in [0.25, 0.3) is 5.91 Å². The van der Waals surface area contributed by atoms with Crippen LogP contribution in [0.2, 0.25) is 0 Å². The van der Waals surface area contributed by atoms with Gasteiger partial charge < -0.3 is 15.2 Å². The minimum atomic E-state index is -0.184. The van der Waals surface area contributed by atoms with E-state index in [4.69, 9.17) is 0 Å². The molecule has 0 aliphatic heterocycles. The summed E-state index contributed by atoms with van der Waals surface area (Å²) in [6.45, 7) is 8.47. The molecule has 1 heterocycles. The summed E-state index contributed by atoms with van der Waals surface area (Å²) in [7, 11) is 0.